The smallest absolute Gasteiger partial charge is 0.262 e. The number of nitrogens with zero attached hydrogens (tertiary/aromatic N) is 6. The van der Waals surface area contributed by atoms with Gasteiger partial charge in [0.1, 0.15) is 5.82 Å². The van der Waals surface area contributed by atoms with Crippen molar-refractivity contribution in [3.63, 3.8) is 0 Å². The Morgan fingerprint density at radius 3 is 2.79 bits per heavy atom. The maximum absolute atomic E-state index is 12.7. The van der Waals surface area contributed by atoms with Gasteiger partial charge < -0.3 is 5.32 Å². The van der Waals surface area contributed by atoms with E-state index in [1.54, 1.807) is 34.5 Å². The lowest BCUT2D eigenvalue weighted by Crippen LogP contribution is -2.20. The van der Waals surface area contributed by atoms with E-state index in [0.29, 0.717) is 34.2 Å². The number of aromatic nitrogens is 6. The number of thioether (sulfide) groups is 1. The molecule has 9 nitrogen and oxygen atoms in total. The van der Waals surface area contributed by atoms with Gasteiger partial charge in [0.05, 0.1) is 29.4 Å². The average molecular weight is 460 g/mol. The summed E-state index contributed by atoms with van der Waals surface area (Å²) in [6.07, 6.45) is 1.66. The fourth-order valence-corrected chi connectivity index (χ4v) is 4.50. The number of aryl methyl sites for hydroxylation is 2. The van der Waals surface area contributed by atoms with E-state index in [2.05, 4.69) is 26.7 Å². The topological polar surface area (TPSA) is 99.1 Å². The molecule has 0 aliphatic carbocycles. The van der Waals surface area contributed by atoms with Crippen LogP contribution in [-0.4, -0.2) is 40.6 Å². The summed E-state index contributed by atoms with van der Waals surface area (Å²) >= 11 is 1.26. The fraction of sp³-hybridized carbons (Fsp3) is 0.174. The summed E-state index contributed by atoms with van der Waals surface area (Å²) < 4.78 is 5.02. The molecular formula is C23H21N7O2S. The summed E-state index contributed by atoms with van der Waals surface area (Å²) in [5.74, 6) is 1.00. The van der Waals surface area contributed by atoms with E-state index in [1.807, 2.05) is 43.3 Å². The van der Waals surface area contributed by atoms with Crippen LogP contribution in [0.25, 0.3) is 16.7 Å². The maximum Gasteiger partial charge on any atom is 0.262 e. The number of hydrogen-bond donors (Lipinski definition) is 1. The largest absolute Gasteiger partial charge is 0.310 e. The molecule has 166 valence electrons. The van der Waals surface area contributed by atoms with Crippen molar-refractivity contribution in [2.75, 3.05) is 11.1 Å². The Bertz CT molecular complexity index is 1550. The van der Waals surface area contributed by atoms with Gasteiger partial charge in [-0.05, 0) is 24.6 Å². The second-order valence-electron chi connectivity index (χ2n) is 7.70. The zero-order valence-electron chi connectivity index (χ0n) is 18.1. The third-order valence-electron chi connectivity index (χ3n) is 5.33. The predicted octanol–water partition coefficient (Wildman–Crippen LogP) is 2.87. The minimum atomic E-state index is -0.183. The van der Waals surface area contributed by atoms with Gasteiger partial charge in [0.15, 0.2) is 5.16 Å². The van der Waals surface area contributed by atoms with E-state index in [0.717, 1.165) is 5.56 Å². The van der Waals surface area contributed by atoms with E-state index in [1.165, 1.54) is 21.9 Å². The number of carbonyl (C=O) groups excluding carboxylic acids is 1. The van der Waals surface area contributed by atoms with Crippen molar-refractivity contribution >= 4 is 40.2 Å². The zero-order chi connectivity index (χ0) is 22.9. The molecule has 0 saturated heterocycles. The molecule has 0 unspecified atom stereocenters. The molecule has 0 bridgehead atoms. The Morgan fingerprint density at radius 1 is 1.09 bits per heavy atom. The molecule has 5 aromatic rings. The predicted molar refractivity (Wildman–Crippen MR) is 128 cm³/mol. The first-order valence-corrected chi connectivity index (χ1v) is 11.3. The minimum Gasteiger partial charge on any atom is -0.310 e. The van der Waals surface area contributed by atoms with Crippen LogP contribution in [0, 0.1) is 6.92 Å². The van der Waals surface area contributed by atoms with Gasteiger partial charge in [0.25, 0.3) is 5.56 Å². The number of benzene rings is 2. The van der Waals surface area contributed by atoms with E-state index >= 15 is 0 Å². The second-order valence-corrected chi connectivity index (χ2v) is 8.64. The molecule has 2 aromatic carbocycles. The van der Waals surface area contributed by atoms with Crippen LogP contribution in [0.15, 0.2) is 70.7 Å². The lowest BCUT2D eigenvalue weighted by atomic mass is 10.1. The first kappa shape index (κ1) is 21.0. The summed E-state index contributed by atoms with van der Waals surface area (Å²) in [6.45, 7) is 2.61. The Balaban J connectivity index is 1.34. The number of anilines is 1. The highest BCUT2D eigenvalue weighted by atomic mass is 32.2. The first-order chi connectivity index (χ1) is 16.0. The standard InChI is InChI=1S/C23H21N7O2S/c1-15-6-5-7-16(12-15)13-29-19(10-11-24-29)25-20(31)14-33-23-27-26-22-28(2)21(32)17-8-3-4-9-18(17)30(22)23/h3-12H,13-14H2,1-2H3,(H,25,31). The van der Waals surface area contributed by atoms with Crippen molar-refractivity contribution in [1.82, 2.24) is 28.9 Å². The van der Waals surface area contributed by atoms with Crippen molar-refractivity contribution in [3.05, 3.63) is 82.3 Å². The lowest BCUT2D eigenvalue weighted by molar-refractivity contribution is -0.113. The van der Waals surface area contributed by atoms with Crippen molar-refractivity contribution < 1.29 is 4.79 Å². The maximum atomic E-state index is 12.7. The molecule has 0 saturated carbocycles. The molecule has 1 N–H and O–H groups in total. The first-order valence-electron chi connectivity index (χ1n) is 10.3. The molecule has 0 spiro atoms. The zero-order valence-corrected chi connectivity index (χ0v) is 18.9. The van der Waals surface area contributed by atoms with Gasteiger partial charge in [0, 0.05) is 13.1 Å². The average Bonchev–Trinajstić information content (AvgIpc) is 3.43. The van der Waals surface area contributed by atoms with Gasteiger partial charge in [0.2, 0.25) is 11.7 Å². The molecule has 3 aromatic heterocycles. The van der Waals surface area contributed by atoms with E-state index < -0.39 is 0 Å². The van der Waals surface area contributed by atoms with Gasteiger partial charge in [-0.25, -0.2) is 4.68 Å². The highest BCUT2D eigenvalue weighted by molar-refractivity contribution is 7.99. The normalized spacial score (nSPS) is 11.3. The van der Waals surface area contributed by atoms with Crippen LogP contribution in [0.5, 0.6) is 0 Å². The van der Waals surface area contributed by atoms with Crippen molar-refractivity contribution in [3.8, 4) is 0 Å². The molecule has 33 heavy (non-hydrogen) atoms. The Morgan fingerprint density at radius 2 is 1.94 bits per heavy atom. The van der Waals surface area contributed by atoms with Crippen molar-refractivity contribution in [2.45, 2.75) is 18.6 Å². The molecule has 0 aliphatic heterocycles. The number of nitrogens with one attached hydrogen (secondary N) is 1. The van der Waals surface area contributed by atoms with Crippen LogP contribution in [0.3, 0.4) is 0 Å². The fourth-order valence-electron chi connectivity index (χ4n) is 3.76. The summed E-state index contributed by atoms with van der Waals surface area (Å²) in [5.41, 5.74) is 2.85. The van der Waals surface area contributed by atoms with Gasteiger partial charge in [-0.15, -0.1) is 10.2 Å². The van der Waals surface area contributed by atoms with Crippen LogP contribution in [0.2, 0.25) is 0 Å². The molecule has 5 rings (SSSR count). The highest BCUT2D eigenvalue weighted by Crippen LogP contribution is 2.21. The summed E-state index contributed by atoms with van der Waals surface area (Å²) in [5, 5.41) is 16.7. The molecule has 0 fully saturated rings. The quantitative estimate of drug-likeness (QED) is 0.392. The number of rotatable bonds is 6. The molecule has 0 aliphatic rings. The van der Waals surface area contributed by atoms with Crippen LogP contribution < -0.4 is 10.9 Å². The second kappa shape index (κ2) is 8.55. The van der Waals surface area contributed by atoms with Crippen molar-refractivity contribution in [2.24, 2.45) is 7.05 Å². The van der Waals surface area contributed by atoms with Crippen LogP contribution in [-0.2, 0) is 18.4 Å². The van der Waals surface area contributed by atoms with Gasteiger partial charge in [-0.2, -0.15) is 5.10 Å². The molecule has 0 atom stereocenters. The SMILES string of the molecule is Cc1cccc(Cn2nccc2NC(=O)CSc2nnc3n(C)c(=O)c4ccccc4n23)c1. The van der Waals surface area contributed by atoms with Crippen molar-refractivity contribution in [1.29, 1.82) is 0 Å². The van der Waals surface area contributed by atoms with Crippen LogP contribution in [0.1, 0.15) is 11.1 Å². The summed E-state index contributed by atoms with van der Waals surface area (Å²) in [6, 6.07) is 17.2. The van der Waals surface area contributed by atoms with Gasteiger partial charge in [-0.3, -0.25) is 18.6 Å². The summed E-state index contributed by atoms with van der Waals surface area (Å²) in [4.78, 5) is 25.3. The van der Waals surface area contributed by atoms with Gasteiger partial charge in [-0.1, -0.05) is 53.7 Å². The number of para-hydroxylation sites is 1. The third-order valence-corrected chi connectivity index (χ3v) is 6.26. The van der Waals surface area contributed by atoms with E-state index in [9.17, 15) is 9.59 Å². The Kier molecular flexibility index (Phi) is 5.43. The van der Waals surface area contributed by atoms with E-state index in [4.69, 9.17) is 0 Å². The molecule has 1 amide bonds. The molecule has 3 heterocycles. The Hall–Kier alpha value is -3.92. The lowest BCUT2D eigenvalue weighted by Gasteiger charge is -2.10. The number of fused-ring (bicyclic) bond motifs is 3. The number of carbonyl (C=O) groups is 1. The molecule has 10 heteroatoms. The van der Waals surface area contributed by atoms with Gasteiger partial charge >= 0.3 is 0 Å². The number of amides is 1. The highest BCUT2D eigenvalue weighted by Gasteiger charge is 2.16. The molecular weight excluding hydrogens is 438 g/mol. The van der Waals surface area contributed by atoms with Crippen LogP contribution in [0.4, 0.5) is 5.82 Å². The monoisotopic (exact) mass is 459 g/mol. The Labute approximate surface area is 193 Å². The van der Waals surface area contributed by atoms with Crippen LogP contribution >= 0.6 is 11.8 Å². The summed E-state index contributed by atoms with van der Waals surface area (Å²) in [7, 11) is 1.66. The minimum absolute atomic E-state index is 0.133. The molecule has 0 radical (unpaired) electrons. The third kappa shape index (κ3) is 4.00. The van der Waals surface area contributed by atoms with E-state index in [-0.39, 0.29) is 17.2 Å². The number of hydrogen-bond acceptors (Lipinski definition) is 6.